The smallest absolute Gasteiger partial charge is 0.263 e. The molecule has 1 aromatic carbocycles. The van der Waals surface area contributed by atoms with Crippen molar-refractivity contribution < 1.29 is 4.79 Å². The van der Waals surface area contributed by atoms with Gasteiger partial charge >= 0.3 is 0 Å². The molecule has 1 amide bonds. The molecule has 0 atom stereocenters. The molecule has 0 saturated heterocycles. The van der Waals surface area contributed by atoms with E-state index in [1.807, 2.05) is 37.3 Å². The van der Waals surface area contributed by atoms with Crippen molar-refractivity contribution in [3.8, 4) is 11.1 Å². The van der Waals surface area contributed by atoms with Crippen molar-refractivity contribution >= 4 is 27.5 Å². The molecule has 0 fully saturated rings. The summed E-state index contributed by atoms with van der Waals surface area (Å²) in [6.45, 7) is 1.99. The fraction of sp³-hybridized carbons (Fsp3) is 0.235. The molecule has 0 N–H and O–H groups in total. The summed E-state index contributed by atoms with van der Waals surface area (Å²) in [6, 6.07) is 9.80. The van der Waals surface area contributed by atoms with Gasteiger partial charge in [0.25, 0.3) is 5.56 Å². The molecule has 0 aliphatic rings. The minimum atomic E-state index is -0.173. The molecule has 0 radical (unpaired) electrons. The van der Waals surface area contributed by atoms with Crippen LogP contribution in [-0.4, -0.2) is 34.5 Å². The molecule has 118 valence electrons. The van der Waals surface area contributed by atoms with Gasteiger partial charge in [0.05, 0.1) is 11.7 Å². The Bertz CT molecular complexity index is 926. The molecule has 0 aliphatic heterocycles. The first kappa shape index (κ1) is 15.4. The predicted octanol–water partition coefficient (Wildman–Crippen LogP) is 2.52. The predicted molar refractivity (Wildman–Crippen MR) is 92.7 cm³/mol. The molecule has 3 rings (SSSR count). The molecule has 0 saturated carbocycles. The number of rotatable bonds is 3. The molecule has 2 heterocycles. The van der Waals surface area contributed by atoms with Gasteiger partial charge in [0.1, 0.15) is 11.4 Å². The fourth-order valence-corrected chi connectivity index (χ4v) is 3.49. The molecule has 23 heavy (non-hydrogen) atoms. The monoisotopic (exact) mass is 327 g/mol. The normalized spacial score (nSPS) is 10.9. The highest BCUT2D eigenvalue weighted by atomic mass is 32.1. The van der Waals surface area contributed by atoms with Gasteiger partial charge in [-0.15, -0.1) is 11.3 Å². The highest BCUT2D eigenvalue weighted by Crippen LogP contribution is 2.35. The van der Waals surface area contributed by atoms with Crippen LogP contribution in [0.4, 0.5) is 0 Å². The summed E-state index contributed by atoms with van der Waals surface area (Å²) in [6.07, 6.45) is 1.46. The second-order valence-corrected chi connectivity index (χ2v) is 6.75. The van der Waals surface area contributed by atoms with Crippen molar-refractivity contribution in [3.05, 3.63) is 51.9 Å². The van der Waals surface area contributed by atoms with Gasteiger partial charge in [-0.1, -0.05) is 30.3 Å². The molecule has 0 unspecified atom stereocenters. The van der Waals surface area contributed by atoms with Crippen LogP contribution in [-0.2, 0) is 11.3 Å². The molecule has 6 heteroatoms. The maximum Gasteiger partial charge on any atom is 0.263 e. The zero-order chi connectivity index (χ0) is 16.6. The zero-order valence-electron chi connectivity index (χ0n) is 13.2. The SMILES string of the molecule is Cc1sc2ncn(CC(=O)N(C)C)c(=O)c2c1-c1ccccc1. The van der Waals surface area contributed by atoms with Gasteiger partial charge < -0.3 is 4.90 Å². The number of benzene rings is 1. The fourth-order valence-electron chi connectivity index (χ4n) is 2.49. The van der Waals surface area contributed by atoms with Crippen LogP contribution in [0, 0.1) is 6.92 Å². The number of fused-ring (bicyclic) bond motifs is 1. The largest absolute Gasteiger partial charge is 0.347 e. The Morgan fingerprint density at radius 2 is 1.96 bits per heavy atom. The van der Waals surface area contributed by atoms with E-state index < -0.39 is 0 Å². The van der Waals surface area contributed by atoms with E-state index in [1.54, 1.807) is 14.1 Å². The summed E-state index contributed by atoms with van der Waals surface area (Å²) in [5.74, 6) is -0.138. The third kappa shape index (κ3) is 2.77. The first-order valence-electron chi connectivity index (χ1n) is 7.23. The first-order chi connectivity index (χ1) is 11.0. The number of carbonyl (C=O) groups excluding carboxylic acids is 1. The summed E-state index contributed by atoms with van der Waals surface area (Å²) in [5.41, 5.74) is 1.73. The van der Waals surface area contributed by atoms with Crippen molar-refractivity contribution in [2.24, 2.45) is 0 Å². The first-order valence-corrected chi connectivity index (χ1v) is 8.05. The van der Waals surface area contributed by atoms with Crippen LogP contribution in [0.5, 0.6) is 0 Å². The Labute approximate surface area is 137 Å². The van der Waals surface area contributed by atoms with E-state index in [-0.39, 0.29) is 18.0 Å². The number of hydrogen-bond donors (Lipinski definition) is 0. The zero-order valence-corrected chi connectivity index (χ0v) is 14.1. The summed E-state index contributed by atoms with van der Waals surface area (Å²) >= 11 is 1.50. The van der Waals surface area contributed by atoms with E-state index in [0.717, 1.165) is 16.0 Å². The molecule has 0 spiro atoms. The van der Waals surface area contributed by atoms with Crippen LogP contribution in [0.15, 0.2) is 41.5 Å². The molecular weight excluding hydrogens is 310 g/mol. The van der Waals surface area contributed by atoms with Gasteiger partial charge in [0.15, 0.2) is 0 Å². The van der Waals surface area contributed by atoms with Crippen molar-refractivity contribution in [1.82, 2.24) is 14.5 Å². The van der Waals surface area contributed by atoms with Gasteiger partial charge in [-0.25, -0.2) is 4.98 Å². The minimum Gasteiger partial charge on any atom is -0.347 e. The molecule has 5 nitrogen and oxygen atoms in total. The van der Waals surface area contributed by atoms with Gasteiger partial charge in [-0.05, 0) is 12.5 Å². The average molecular weight is 327 g/mol. The lowest BCUT2D eigenvalue weighted by molar-refractivity contribution is -0.129. The van der Waals surface area contributed by atoms with Gasteiger partial charge in [-0.3, -0.25) is 14.2 Å². The summed E-state index contributed by atoms with van der Waals surface area (Å²) < 4.78 is 1.38. The summed E-state index contributed by atoms with van der Waals surface area (Å²) in [7, 11) is 3.34. The van der Waals surface area contributed by atoms with Crippen LogP contribution in [0.2, 0.25) is 0 Å². The number of nitrogens with zero attached hydrogens (tertiary/aromatic N) is 3. The van der Waals surface area contributed by atoms with Crippen molar-refractivity contribution in [2.75, 3.05) is 14.1 Å². The third-order valence-corrected chi connectivity index (χ3v) is 4.73. The quantitative estimate of drug-likeness (QED) is 0.743. The molecule has 0 aliphatic carbocycles. The number of aromatic nitrogens is 2. The topological polar surface area (TPSA) is 55.2 Å². The molecule has 0 bridgehead atoms. The summed E-state index contributed by atoms with van der Waals surface area (Å²) in [5, 5.41) is 0.591. The average Bonchev–Trinajstić information content (AvgIpc) is 2.87. The maximum absolute atomic E-state index is 12.9. The molecular formula is C17H17N3O2S. The lowest BCUT2D eigenvalue weighted by Crippen LogP contribution is -2.31. The van der Waals surface area contributed by atoms with Crippen molar-refractivity contribution in [1.29, 1.82) is 0 Å². The van der Waals surface area contributed by atoms with Gasteiger partial charge in [0, 0.05) is 24.5 Å². The van der Waals surface area contributed by atoms with E-state index in [2.05, 4.69) is 4.98 Å². The number of likely N-dealkylation sites (N-methyl/N-ethyl adjacent to an activating group) is 1. The van der Waals surface area contributed by atoms with E-state index in [1.165, 1.54) is 27.1 Å². The van der Waals surface area contributed by atoms with E-state index in [4.69, 9.17) is 0 Å². The molecule has 2 aromatic heterocycles. The maximum atomic E-state index is 12.9. The van der Waals surface area contributed by atoms with Gasteiger partial charge in [0.2, 0.25) is 5.91 Å². The number of aryl methyl sites for hydroxylation is 1. The van der Waals surface area contributed by atoms with Crippen LogP contribution in [0.3, 0.4) is 0 Å². The Hall–Kier alpha value is -2.47. The molecule has 3 aromatic rings. The minimum absolute atomic E-state index is 0.00209. The number of carbonyl (C=O) groups is 1. The number of thiophene rings is 1. The Morgan fingerprint density at radius 3 is 2.61 bits per heavy atom. The standard InChI is InChI=1S/C17H17N3O2S/c1-11-14(12-7-5-4-6-8-12)15-16(23-11)18-10-20(17(15)22)9-13(21)19(2)3/h4-8,10H,9H2,1-3H3. The highest BCUT2D eigenvalue weighted by Gasteiger charge is 2.17. The van der Waals surface area contributed by atoms with Crippen LogP contribution >= 0.6 is 11.3 Å². The summed E-state index contributed by atoms with van der Waals surface area (Å²) in [4.78, 5) is 32.3. The van der Waals surface area contributed by atoms with E-state index >= 15 is 0 Å². The second kappa shape index (κ2) is 5.96. The Balaban J connectivity index is 2.21. The van der Waals surface area contributed by atoms with E-state index in [0.29, 0.717) is 10.2 Å². The van der Waals surface area contributed by atoms with Crippen molar-refractivity contribution in [3.63, 3.8) is 0 Å². The second-order valence-electron chi connectivity index (χ2n) is 5.55. The number of amides is 1. The van der Waals surface area contributed by atoms with Crippen LogP contribution in [0.1, 0.15) is 4.88 Å². The van der Waals surface area contributed by atoms with E-state index in [9.17, 15) is 9.59 Å². The number of hydrogen-bond acceptors (Lipinski definition) is 4. The lowest BCUT2D eigenvalue weighted by Gasteiger charge is -2.11. The lowest BCUT2D eigenvalue weighted by atomic mass is 10.0. The highest BCUT2D eigenvalue weighted by molar-refractivity contribution is 7.19. The Morgan fingerprint density at radius 1 is 1.26 bits per heavy atom. The van der Waals surface area contributed by atoms with Crippen LogP contribution < -0.4 is 5.56 Å². The van der Waals surface area contributed by atoms with Gasteiger partial charge in [-0.2, -0.15) is 0 Å². The van der Waals surface area contributed by atoms with Crippen LogP contribution in [0.25, 0.3) is 21.3 Å². The third-order valence-electron chi connectivity index (χ3n) is 3.72. The Kier molecular flexibility index (Phi) is 4.00. The van der Waals surface area contributed by atoms with Crippen molar-refractivity contribution in [2.45, 2.75) is 13.5 Å².